The molecule has 0 atom stereocenters. The molecular weight excluding hydrogens is 292 g/mol. The van der Waals surface area contributed by atoms with E-state index in [0.717, 1.165) is 43.7 Å². The Kier molecular flexibility index (Phi) is 6.59. The van der Waals surface area contributed by atoms with Crippen molar-refractivity contribution in [3.8, 4) is 0 Å². The minimum atomic E-state index is -0.223. The lowest BCUT2D eigenvalue weighted by atomic mass is 10.0. The minimum absolute atomic E-state index is 0.173. The van der Waals surface area contributed by atoms with Crippen molar-refractivity contribution < 1.29 is 14.3 Å². The van der Waals surface area contributed by atoms with Crippen molar-refractivity contribution in [2.45, 2.75) is 39.2 Å². The molecule has 0 spiro atoms. The summed E-state index contributed by atoms with van der Waals surface area (Å²) < 4.78 is 4.99. The fourth-order valence-corrected chi connectivity index (χ4v) is 2.88. The molecule has 1 aromatic rings. The van der Waals surface area contributed by atoms with Crippen molar-refractivity contribution in [1.29, 1.82) is 0 Å². The zero-order valence-corrected chi connectivity index (χ0v) is 14.0. The standard InChI is InChI=1S/C18H26N2O3/c1-3-18(22)16-6-4-5-7-17(16)19-15-8-10-20(11-9-15)12-13-23-14(2)21/h4-7,15,19H,3,8-13H2,1-2H3. The van der Waals surface area contributed by atoms with Crippen LogP contribution in [0.15, 0.2) is 24.3 Å². The number of benzene rings is 1. The summed E-state index contributed by atoms with van der Waals surface area (Å²) in [5, 5.41) is 3.53. The molecule has 1 saturated heterocycles. The van der Waals surface area contributed by atoms with Gasteiger partial charge in [-0.3, -0.25) is 14.5 Å². The van der Waals surface area contributed by atoms with E-state index in [1.165, 1.54) is 6.92 Å². The second-order valence-electron chi connectivity index (χ2n) is 5.92. The summed E-state index contributed by atoms with van der Waals surface area (Å²) >= 11 is 0. The first-order valence-electron chi connectivity index (χ1n) is 8.34. The lowest BCUT2D eigenvalue weighted by molar-refractivity contribution is -0.141. The van der Waals surface area contributed by atoms with Crippen molar-refractivity contribution in [2.24, 2.45) is 0 Å². The van der Waals surface area contributed by atoms with Gasteiger partial charge >= 0.3 is 5.97 Å². The van der Waals surface area contributed by atoms with E-state index in [9.17, 15) is 9.59 Å². The number of nitrogens with one attached hydrogen (secondary N) is 1. The van der Waals surface area contributed by atoms with Crippen LogP contribution in [0.25, 0.3) is 0 Å². The van der Waals surface area contributed by atoms with Crippen LogP contribution >= 0.6 is 0 Å². The van der Waals surface area contributed by atoms with E-state index in [2.05, 4.69) is 10.2 Å². The number of para-hydroxylation sites is 1. The molecule has 0 unspecified atom stereocenters. The van der Waals surface area contributed by atoms with Crippen LogP contribution < -0.4 is 5.32 Å². The molecule has 1 aromatic carbocycles. The van der Waals surface area contributed by atoms with Crippen molar-refractivity contribution >= 4 is 17.4 Å². The van der Waals surface area contributed by atoms with Gasteiger partial charge in [-0.25, -0.2) is 0 Å². The number of Topliss-reactive ketones (excluding diaryl/α,β-unsaturated/α-hetero) is 1. The van der Waals surface area contributed by atoms with Crippen molar-refractivity contribution in [3.05, 3.63) is 29.8 Å². The molecule has 1 aliphatic heterocycles. The highest BCUT2D eigenvalue weighted by Crippen LogP contribution is 2.21. The molecule has 1 heterocycles. The molecule has 5 nitrogen and oxygen atoms in total. The molecule has 5 heteroatoms. The van der Waals surface area contributed by atoms with Gasteiger partial charge in [0.25, 0.3) is 0 Å². The Balaban J connectivity index is 1.83. The number of likely N-dealkylation sites (tertiary alicyclic amines) is 1. The van der Waals surface area contributed by atoms with Crippen LogP contribution in [0.3, 0.4) is 0 Å². The fraction of sp³-hybridized carbons (Fsp3) is 0.556. The normalized spacial score (nSPS) is 16.1. The van der Waals surface area contributed by atoms with Gasteiger partial charge in [0.05, 0.1) is 0 Å². The molecule has 0 radical (unpaired) electrons. The third-order valence-electron chi connectivity index (χ3n) is 4.21. The Bertz CT molecular complexity index is 537. The number of rotatable bonds is 7. The summed E-state index contributed by atoms with van der Waals surface area (Å²) in [5.41, 5.74) is 1.73. The predicted octanol–water partition coefficient (Wildman–Crippen LogP) is 2.72. The average Bonchev–Trinajstić information content (AvgIpc) is 2.56. The van der Waals surface area contributed by atoms with E-state index in [1.54, 1.807) is 0 Å². The van der Waals surface area contributed by atoms with E-state index in [1.807, 2.05) is 31.2 Å². The molecule has 0 bridgehead atoms. The van der Waals surface area contributed by atoms with Gasteiger partial charge in [0.2, 0.25) is 0 Å². The zero-order valence-electron chi connectivity index (χ0n) is 14.0. The van der Waals surface area contributed by atoms with Gasteiger partial charge < -0.3 is 10.1 Å². The Morgan fingerprint density at radius 3 is 2.61 bits per heavy atom. The first kappa shape index (κ1) is 17.5. The van der Waals surface area contributed by atoms with Gasteiger partial charge in [0.15, 0.2) is 5.78 Å². The van der Waals surface area contributed by atoms with Gasteiger partial charge in [-0.05, 0) is 25.0 Å². The van der Waals surface area contributed by atoms with Gasteiger partial charge in [-0.1, -0.05) is 19.1 Å². The van der Waals surface area contributed by atoms with Gasteiger partial charge in [-0.15, -0.1) is 0 Å². The van der Waals surface area contributed by atoms with Crippen LogP contribution in [-0.4, -0.2) is 48.9 Å². The summed E-state index contributed by atoms with van der Waals surface area (Å²) in [6.07, 6.45) is 2.57. The number of ketones is 1. The van der Waals surface area contributed by atoms with Crippen molar-refractivity contribution in [2.75, 3.05) is 31.6 Å². The van der Waals surface area contributed by atoms with Crippen LogP contribution in [0.5, 0.6) is 0 Å². The van der Waals surface area contributed by atoms with Crippen LogP contribution in [0.2, 0.25) is 0 Å². The van der Waals surface area contributed by atoms with E-state index in [4.69, 9.17) is 4.74 Å². The van der Waals surface area contributed by atoms with Crippen LogP contribution in [0.1, 0.15) is 43.5 Å². The largest absolute Gasteiger partial charge is 0.465 e. The average molecular weight is 318 g/mol. The first-order chi connectivity index (χ1) is 11.1. The monoisotopic (exact) mass is 318 g/mol. The minimum Gasteiger partial charge on any atom is -0.465 e. The molecule has 23 heavy (non-hydrogen) atoms. The summed E-state index contributed by atoms with van der Waals surface area (Å²) in [6.45, 7) is 6.52. The van der Waals surface area contributed by atoms with E-state index in [-0.39, 0.29) is 11.8 Å². The Morgan fingerprint density at radius 1 is 1.26 bits per heavy atom. The lowest BCUT2D eigenvalue weighted by Crippen LogP contribution is -2.40. The number of nitrogens with zero attached hydrogens (tertiary/aromatic N) is 1. The van der Waals surface area contributed by atoms with Gasteiger partial charge in [0.1, 0.15) is 6.61 Å². The first-order valence-corrected chi connectivity index (χ1v) is 8.34. The summed E-state index contributed by atoms with van der Waals surface area (Å²) in [5.74, 6) is -0.0503. The number of carbonyl (C=O) groups excluding carboxylic acids is 2. The SMILES string of the molecule is CCC(=O)c1ccccc1NC1CCN(CCOC(C)=O)CC1. The number of anilines is 1. The number of piperidine rings is 1. The fourth-order valence-electron chi connectivity index (χ4n) is 2.88. The molecule has 0 aliphatic carbocycles. The predicted molar refractivity (Wildman–Crippen MR) is 90.8 cm³/mol. The number of carbonyl (C=O) groups is 2. The van der Waals surface area contributed by atoms with Crippen LogP contribution in [0, 0.1) is 0 Å². The lowest BCUT2D eigenvalue weighted by Gasteiger charge is -2.33. The topological polar surface area (TPSA) is 58.6 Å². The van der Waals surface area contributed by atoms with Crippen LogP contribution in [-0.2, 0) is 9.53 Å². The van der Waals surface area contributed by atoms with Crippen molar-refractivity contribution in [3.63, 3.8) is 0 Å². The van der Waals surface area contributed by atoms with E-state index < -0.39 is 0 Å². The molecule has 0 amide bonds. The Morgan fingerprint density at radius 2 is 1.96 bits per heavy atom. The number of hydrogen-bond acceptors (Lipinski definition) is 5. The maximum absolute atomic E-state index is 12.0. The molecule has 0 aromatic heterocycles. The highest BCUT2D eigenvalue weighted by molar-refractivity contribution is 6.01. The van der Waals surface area contributed by atoms with Crippen LogP contribution in [0.4, 0.5) is 5.69 Å². The zero-order chi connectivity index (χ0) is 16.7. The van der Waals surface area contributed by atoms with Crippen molar-refractivity contribution in [1.82, 2.24) is 4.90 Å². The smallest absolute Gasteiger partial charge is 0.302 e. The highest BCUT2D eigenvalue weighted by atomic mass is 16.5. The van der Waals surface area contributed by atoms with Gasteiger partial charge in [0, 0.05) is 50.3 Å². The Hall–Kier alpha value is -1.88. The molecule has 126 valence electrons. The maximum atomic E-state index is 12.0. The van der Waals surface area contributed by atoms with Gasteiger partial charge in [-0.2, -0.15) is 0 Å². The number of esters is 1. The maximum Gasteiger partial charge on any atom is 0.302 e. The summed E-state index contributed by atoms with van der Waals surface area (Å²) in [6, 6.07) is 8.12. The third-order valence-corrected chi connectivity index (χ3v) is 4.21. The molecule has 1 N–H and O–H groups in total. The molecule has 1 fully saturated rings. The van der Waals surface area contributed by atoms with E-state index >= 15 is 0 Å². The molecular formula is C18H26N2O3. The summed E-state index contributed by atoms with van der Waals surface area (Å²) in [4.78, 5) is 25.1. The number of ether oxygens (including phenoxy) is 1. The third kappa shape index (κ3) is 5.36. The quantitative estimate of drug-likeness (QED) is 0.619. The molecule has 2 rings (SSSR count). The highest BCUT2D eigenvalue weighted by Gasteiger charge is 2.20. The molecule has 0 saturated carbocycles. The second kappa shape index (κ2) is 8.67. The Labute approximate surface area is 138 Å². The van der Waals surface area contributed by atoms with E-state index in [0.29, 0.717) is 19.1 Å². The molecule has 1 aliphatic rings. The second-order valence-corrected chi connectivity index (χ2v) is 5.92. The summed E-state index contributed by atoms with van der Waals surface area (Å²) in [7, 11) is 0. The number of hydrogen-bond donors (Lipinski definition) is 1.